The first-order valence-corrected chi connectivity index (χ1v) is 13.3. The summed E-state index contributed by atoms with van der Waals surface area (Å²) in [6.45, 7) is -3.07. The van der Waals surface area contributed by atoms with E-state index in [1.165, 1.54) is 6.33 Å². The highest BCUT2D eigenvalue weighted by Gasteiger charge is 2.35. The number of fused-ring (bicyclic) bond motifs is 1. The molecule has 0 bridgehead atoms. The summed E-state index contributed by atoms with van der Waals surface area (Å²) < 4.78 is 48.4. The molecular weight excluding hydrogens is 451 g/mol. The number of rotatable bonds is 10. The van der Waals surface area contributed by atoms with Crippen LogP contribution in [0, 0.1) is 0 Å². The summed E-state index contributed by atoms with van der Waals surface area (Å²) >= 11 is 8.18. The summed E-state index contributed by atoms with van der Waals surface area (Å²) in [7, 11) is 0.533. The highest BCUT2D eigenvalue weighted by Crippen LogP contribution is 2.55. The van der Waals surface area contributed by atoms with Crippen molar-refractivity contribution in [3.8, 4) is 0 Å². The Kier molecular flexibility index (Phi) is 8.05. The number of nitrogens with zero attached hydrogens (tertiary/aromatic N) is 4. The molecule has 15 heteroatoms. The minimum absolute atomic E-state index is 0.00105. The van der Waals surface area contributed by atoms with E-state index < -0.39 is 26.6 Å². The van der Waals surface area contributed by atoms with Gasteiger partial charge in [0.1, 0.15) is 30.4 Å². The zero-order valence-corrected chi connectivity index (χ0v) is 18.4. The fourth-order valence-electron chi connectivity index (χ4n) is 2.54. The zero-order valence-electron chi connectivity index (χ0n) is 14.8. The number of aromatic nitrogens is 4. The highest BCUT2D eigenvalue weighted by molar-refractivity contribution is 8.44. The zero-order chi connectivity index (χ0) is 20.1. The first-order chi connectivity index (χ1) is 13.4. The molecule has 1 fully saturated rings. The van der Waals surface area contributed by atoms with Gasteiger partial charge >= 0.3 is 6.80 Å². The Bertz CT molecular complexity index is 849. The van der Waals surface area contributed by atoms with Crippen molar-refractivity contribution in [2.24, 2.45) is 0 Å². The molecule has 3 heterocycles. The first-order valence-electron chi connectivity index (χ1n) is 8.19. The van der Waals surface area contributed by atoms with Gasteiger partial charge in [-0.05, 0) is 0 Å². The minimum Gasteiger partial charge on any atom is -0.375 e. The van der Waals surface area contributed by atoms with Crippen LogP contribution < -0.4 is 5.09 Å². The van der Waals surface area contributed by atoms with Crippen molar-refractivity contribution >= 4 is 50.0 Å². The van der Waals surface area contributed by atoms with Crippen LogP contribution in [-0.4, -0.2) is 58.7 Å². The van der Waals surface area contributed by atoms with Gasteiger partial charge in [-0.25, -0.2) is 23.9 Å². The average molecular weight is 471 g/mol. The van der Waals surface area contributed by atoms with Crippen molar-refractivity contribution in [1.82, 2.24) is 24.6 Å². The van der Waals surface area contributed by atoms with Crippen LogP contribution in [0.2, 0.25) is 0 Å². The number of alkyl halides is 1. The van der Waals surface area contributed by atoms with E-state index in [4.69, 9.17) is 18.3 Å². The second kappa shape index (κ2) is 10.1. The molecule has 2 aromatic heterocycles. The van der Waals surface area contributed by atoms with Crippen LogP contribution in [-0.2, 0) is 36.0 Å². The number of ether oxygens (including phenoxy) is 1. The molecule has 28 heavy (non-hydrogen) atoms. The lowest BCUT2D eigenvalue weighted by molar-refractivity contribution is 0.105. The molecule has 1 aliphatic rings. The summed E-state index contributed by atoms with van der Waals surface area (Å²) in [4.78, 5) is 12.6. The molecule has 4 unspecified atom stereocenters. The number of hydrogen-bond acceptors (Lipinski definition) is 10. The molecule has 0 amide bonds. The Hall–Kier alpha value is -0.360. The molecule has 1 aliphatic heterocycles. The normalized spacial score (nSPS) is 23.1. The molecule has 0 radical (unpaired) electrons. The molecule has 1 N–H and O–H groups in total. The van der Waals surface area contributed by atoms with Gasteiger partial charge in [-0.3, -0.25) is 14.1 Å². The predicted octanol–water partition coefficient (Wildman–Crippen LogP) is 2.53. The molecule has 1 saturated heterocycles. The summed E-state index contributed by atoms with van der Waals surface area (Å²) in [5, 5.41) is 3.11. The molecule has 156 valence electrons. The molecule has 3 rings (SSSR count). The largest absolute Gasteiger partial charge is 0.386 e. The third-order valence-corrected chi connectivity index (χ3v) is 7.21. The van der Waals surface area contributed by atoms with E-state index in [-0.39, 0.29) is 19.8 Å². The maximum atomic E-state index is 13.6. The Morgan fingerprint density at radius 1 is 1.54 bits per heavy atom. The lowest BCUT2D eigenvalue weighted by atomic mass is 10.3. The van der Waals surface area contributed by atoms with E-state index in [1.54, 1.807) is 17.9 Å². The minimum atomic E-state index is -3.81. The van der Waals surface area contributed by atoms with Crippen LogP contribution >= 0.6 is 38.8 Å². The van der Waals surface area contributed by atoms with Crippen molar-refractivity contribution in [3.63, 3.8) is 0 Å². The molecule has 0 spiro atoms. The van der Waals surface area contributed by atoms with Crippen LogP contribution in [0.3, 0.4) is 0 Å². The third kappa shape index (κ3) is 5.84. The van der Waals surface area contributed by atoms with Gasteiger partial charge in [-0.15, -0.1) is 12.2 Å². The van der Waals surface area contributed by atoms with Crippen LogP contribution in [0.5, 0.6) is 0 Å². The number of thiol groups is 2. The Balaban J connectivity index is 1.69. The fourth-order valence-corrected chi connectivity index (χ4v) is 4.67. The number of imidazole rings is 1. The Morgan fingerprint density at radius 2 is 2.36 bits per heavy atom. The van der Waals surface area contributed by atoms with Gasteiger partial charge in [0.15, 0.2) is 19.3 Å². The van der Waals surface area contributed by atoms with Gasteiger partial charge in [0.25, 0.3) is 0 Å². The second-order valence-electron chi connectivity index (χ2n) is 5.71. The molecule has 2 aromatic rings. The highest BCUT2D eigenvalue weighted by atomic mass is 32.7. The summed E-state index contributed by atoms with van der Waals surface area (Å²) in [5.41, 5.74) is 1.16. The number of hydrogen-bond donors (Lipinski definition) is 3. The number of nitrogens with one attached hydrogen (secondary N) is 1. The molecule has 0 saturated carbocycles. The summed E-state index contributed by atoms with van der Waals surface area (Å²) in [6, 6.07) is 0. The Morgan fingerprint density at radius 3 is 3.07 bits per heavy atom. The summed E-state index contributed by atoms with van der Waals surface area (Å²) in [5.74, 6) is 0.454. The van der Waals surface area contributed by atoms with Crippen LogP contribution in [0.25, 0.3) is 11.2 Å². The quantitative estimate of drug-likeness (QED) is 0.356. The molecule has 10 nitrogen and oxygen atoms in total. The first kappa shape index (κ1) is 22.3. The lowest BCUT2D eigenvalue weighted by Crippen LogP contribution is -2.22. The smallest absolute Gasteiger partial charge is 0.375 e. The van der Waals surface area contributed by atoms with Crippen LogP contribution in [0.1, 0.15) is 5.82 Å². The van der Waals surface area contributed by atoms with E-state index in [2.05, 4.69) is 44.5 Å². The monoisotopic (exact) mass is 471 g/mol. The average Bonchev–Trinajstić information content (AvgIpc) is 3.23. The van der Waals surface area contributed by atoms with Crippen molar-refractivity contribution in [3.05, 3.63) is 18.3 Å². The van der Waals surface area contributed by atoms with Gasteiger partial charge in [0.05, 0.1) is 19.4 Å². The predicted molar refractivity (Wildman–Crippen MR) is 108 cm³/mol. The molecular formula is C13H20FN5O5P2S2. The van der Waals surface area contributed by atoms with E-state index in [0.29, 0.717) is 30.1 Å². The molecule has 4 atom stereocenters. The SMILES string of the molecule is COP(S)NCCn1c(COP(=O)(S)OC2COCC2F)nc2cncnc21. The van der Waals surface area contributed by atoms with Gasteiger partial charge < -0.3 is 13.8 Å². The molecule has 0 aromatic carbocycles. The summed E-state index contributed by atoms with van der Waals surface area (Å²) in [6.07, 6.45) is 0.636. The Labute approximate surface area is 172 Å². The van der Waals surface area contributed by atoms with Crippen LogP contribution in [0.4, 0.5) is 4.39 Å². The third-order valence-electron chi connectivity index (χ3n) is 3.83. The fraction of sp³-hybridized carbons (Fsp3) is 0.615. The van der Waals surface area contributed by atoms with E-state index >= 15 is 0 Å². The number of halogens is 1. The second-order valence-corrected chi connectivity index (χ2v) is 10.9. The van der Waals surface area contributed by atoms with Crippen molar-refractivity contribution in [2.45, 2.75) is 25.4 Å². The van der Waals surface area contributed by atoms with Crippen molar-refractivity contribution in [1.29, 1.82) is 0 Å². The van der Waals surface area contributed by atoms with Crippen molar-refractivity contribution < 1.29 is 27.3 Å². The van der Waals surface area contributed by atoms with Crippen LogP contribution in [0.15, 0.2) is 12.5 Å². The maximum Gasteiger partial charge on any atom is 0.386 e. The van der Waals surface area contributed by atoms with Gasteiger partial charge in [-0.2, -0.15) is 0 Å². The topological polar surface area (TPSA) is 110 Å². The van der Waals surface area contributed by atoms with Gasteiger partial charge in [0, 0.05) is 20.2 Å². The lowest BCUT2D eigenvalue weighted by Gasteiger charge is -2.18. The van der Waals surface area contributed by atoms with Crippen molar-refractivity contribution in [2.75, 3.05) is 26.9 Å². The maximum absolute atomic E-state index is 13.6. The van der Waals surface area contributed by atoms with E-state index in [0.717, 1.165) is 0 Å². The molecule has 0 aliphatic carbocycles. The van der Waals surface area contributed by atoms with Gasteiger partial charge in [-0.1, -0.05) is 12.2 Å². The van der Waals surface area contributed by atoms with E-state index in [9.17, 15) is 8.96 Å². The van der Waals surface area contributed by atoms with Gasteiger partial charge in [0.2, 0.25) is 0 Å². The standard InChI is InChI=1S/C13H20FN5O5P2S2/c1-21-25(27)17-2-3-19-12(18-10-4-15-8-16-13(10)19)7-23-26(20,28)24-11-6-22-5-9(11)14/h4,8-9,11,17,27H,2-3,5-7H2,1H3,(H,20,28). The van der Waals surface area contributed by atoms with E-state index in [1.807, 2.05) is 0 Å².